The number of carbonyl (C=O) groups excluding carboxylic acids is 4. The molecule has 5 rings (SSSR count). The molecule has 0 unspecified atom stereocenters. The van der Waals surface area contributed by atoms with Crippen LogP contribution in [0.4, 0.5) is 0 Å². The van der Waals surface area contributed by atoms with Gasteiger partial charge in [-0.2, -0.15) is 0 Å². The molecule has 0 aromatic carbocycles. The van der Waals surface area contributed by atoms with Gasteiger partial charge in [-0.3, -0.25) is 19.2 Å². The summed E-state index contributed by atoms with van der Waals surface area (Å²) < 4.78 is 35.1. The molecule has 12 heteroatoms. The molecule has 38 heavy (non-hydrogen) atoms. The average Bonchev–Trinajstić information content (AvgIpc) is 3.73. The Morgan fingerprint density at radius 2 is 1.53 bits per heavy atom. The van der Waals surface area contributed by atoms with Crippen LogP contribution in [0.1, 0.15) is 41.5 Å². The Balaban J connectivity index is 1.75. The van der Waals surface area contributed by atoms with Crippen LogP contribution in [0.3, 0.4) is 0 Å². The highest BCUT2D eigenvalue weighted by molar-refractivity contribution is 6.23. The Morgan fingerprint density at radius 1 is 0.947 bits per heavy atom. The summed E-state index contributed by atoms with van der Waals surface area (Å²) in [6, 6.07) is 0. The summed E-state index contributed by atoms with van der Waals surface area (Å²) in [5, 5.41) is 11.3. The molecule has 3 saturated heterocycles. The number of hydrogen-bond acceptors (Lipinski definition) is 11. The molecule has 0 aromatic rings. The quantitative estimate of drug-likeness (QED) is 0.175. The van der Waals surface area contributed by atoms with Crippen LogP contribution in [-0.2, 0) is 47.6 Å². The molecule has 0 bridgehead atoms. The third-order valence-corrected chi connectivity index (χ3v) is 9.61. The average molecular weight is 557 g/mol. The highest BCUT2D eigenvalue weighted by Gasteiger charge is 2.78. The summed E-state index contributed by atoms with van der Waals surface area (Å²) in [4.78, 5) is 49.9. The van der Waals surface area contributed by atoms with Crippen LogP contribution in [0.2, 0.25) is 0 Å². The topological polar surface area (TPSA) is 150 Å². The van der Waals surface area contributed by atoms with E-state index in [1.807, 2.05) is 6.92 Å². The van der Waals surface area contributed by atoms with Crippen molar-refractivity contribution >= 4 is 35.5 Å². The zero-order valence-electron chi connectivity index (χ0n) is 22.0. The van der Waals surface area contributed by atoms with Gasteiger partial charge in [0.2, 0.25) is 0 Å². The first-order valence-electron chi connectivity index (χ1n) is 12.7. The molecule has 2 aliphatic carbocycles. The Morgan fingerprint density at radius 3 is 2.11 bits per heavy atom. The largest absolute Gasteiger partial charge is 0.459 e. The minimum atomic E-state index is -2.12. The summed E-state index contributed by atoms with van der Waals surface area (Å²) in [6.07, 6.45) is -6.89. The molecule has 210 valence electrons. The molecule has 0 amide bonds. The molecule has 14 atom stereocenters. The second-order valence-electron chi connectivity index (χ2n) is 11.4. The fourth-order valence-corrected chi connectivity index (χ4v) is 7.65. The molecule has 2 saturated carbocycles. The summed E-state index contributed by atoms with van der Waals surface area (Å²) in [7, 11) is 0. The molecule has 0 radical (unpaired) electrons. The Labute approximate surface area is 225 Å². The smallest absolute Gasteiger partial charge is 0.312 e. The lowest BCUT2D eigenvalue weighted by atomic mass is 9.53. The minimum Gasteiger partial charge on any atom is -0.459 e. The van der Waals surface area contributed by atoms with Gasteiger partial charge in [0, 0.05) is 38.0 Å². The number of aliphatic hydroxyl groups is 1. The number of carbonyl (C=O) groups is 4. The van der Waals surface area contributed by atoms with Crippen LogP contribution in [0.5, 0.6) is 0 Å². The van der Waals surface area contributed by atoms with Gasteiger partial charge in [-0.25, -0.2) is 0 Å². The summed E-state index contributed by atoms with van der Waals surface area (Å²) in [5.41, 5.74) is -2.92. The fraction of sp³-hybridized carbons (Fsp3) is 0.769. The first kappa shape index (κ1) is 27.4. The van der Waals surface area contributed by atoms with E-state index in [4.69, 9.17) is 40.0 Å². The highest BCUT2D eigenvalue weighted by atomic mass is 35.5. The van der Waals surface area contributed by atoms with Crippen LogP contribution in [-0.4, -0.2) is 88.8 Å². The number of halogens is 1. The SMILES string of the molecule is C=C1[C@H]2O[C@H]2[C@@H](OC(C)=O)[C@]2(C)[C@H]([C@@H](C)[C@@H](OC(C)=O)[C@@H]3O[C@@H]32)[C@@H](OC(C)=O)[C@]2(O)[C@@H](C)C(=O)O[C@H]2[C@H]1Cl. The van der Waals surface area contributed by atoms with Crippen LogP contribution in [0.15, 0.2) is 12.2 Å². The van der Waals surface area contributed by atoms with Crippen LogP contribution in [0.25, 0.3) is 0 Å². The fourth-order valence-electron chi connectivity index (χ4n) is 7.28. The van der Waals surface area contributed by atoms with Crippen molar-refractivity contribution in [2.45, 2.75) is 101 Å². The molecule has 3 heterocycles. The molecule has 0 spiro atoms. The first-order chi connectivity index (χ1) is 17.6. The van der Waals surface area contributed by atoms with Gasteiger partial charge in [0.25, 0.3) is 0 Å². The lowest BCUT2D eigenvalue weighted by molar-refractivity contribution is -0.226. The Hall–Kier alpha value is -2.21. The lowest BCUT2D eigenvalue weighted by Crippen LogP contribution is -2.69. The highest BCUT2D eigenvalue weighted by Crippen LogP contribution is 2.64. The normalized spacial score (nSPS) is 50.7. The van der Waals surface area contributed by atoms with E-state index < -0.39 is 107 Å². The third-order valence-electron chi connectivity index (χ3n) is 9.10. The van der Waals surface area contributed by atoms with E-state index in [1.165, 1.54) is 27.7 Å². The lowest BCUT2D eigenvalue weighted by Gasteiger charge is -2.54. The third kappa shape index (κ3) is 3.80. The molecular formula is C26H33ClO11. The van der Waals surface area contributed by atoms with Crippen LogP contribution in [0, 0.1) is 23.2 Å². The van der Waals surface area contributed by atoms with Crippen molar-refractivity contribution in [2.75, 3.05) is 0 Å². The summed E-state index contributed by atoms with van der Waals surface area (Å²) in [6.45, 7) is 12.9. The van der Waals surface area contributed by atoms with Gasteiger partial charge < -0.3 is 33.5 Å². The number of fused-ring (bicyclic) bond motifs is 5. The zero-order chi connectivity index (χ0) is 28.1. The molecular weight excluding hydrogens is 524 g/mol. The molecule has 5 aliphatic rings. The van der Waals surface area contributed by atoms with Gasteiger partial charge in [0.1, 0.15) is 36.6 Å². The van der Waals surface area contributed by atoms with E-state index in [-0.39, 0.29) is 0 Å². The minimum absolute atomic E-state index is 0.331. The second-order valence-corrected chi connectivity index (χ2v) is 11.8. The monoisotopic (exact) mass is 556 g/mol. The molecule has 5 fully saturated rings. The number of rotatable bonds is 3. The maximum absolute atomic E-state index is 12.9. The second kappa shape index (κ2) is 8.90. The van der Waals surface area contributed by atoms with Gasteiger partial charge >= 0.3 is 23.9 Å². The van der Waals surface area contributed by atoms with Gasteiger partial charge in [-0.05, 0) is 12.5 Å². The van der Waals surface area contributed by atoms with E-state index in [9.17, 15) is 24.3 Å². The molecule has 3 aliphatic heterocycles. The number of alkyl halides is 1. The zero-order valence-corrected chi connectivity index (χ0v) is 22.8. The predicted molar refractivity (Wildman–Crippen MR) is 128 cm³/mol. The maximum atomic E-state index is 12.9. The van der Waals surface area contributed by atoms with Crippen molar-refractivity contribution in [3.8, 4) is 0 Å². The standard InChI is InChI=1S/C26H33ClO11/c1-8-14-20(34-12(5)29)26(32)10(3)24(31)38-21(26)15(27)9(2)17-18(36-17)22(35-13(6)30)25(14,7)23-19(37-23)16(8)33-11(4)28/h8,10,14-23,32H,2H2,1,3-7H3/t8-,10+,14-,15+,16-,17-,18-,19+,20-,21+,22-,23+,25+,26-/m1/s1. The summed E-state index contributed by atoms with van der Waals surface area (Å²) >= 11 is 6.79. The van der Waals surface area contributed by atoms with Gasteiger partial charge in [-0.15, -0.1) is 11.6 Å². The number of hydrogen-bond donors (Lipinski definition) is 1. The Kier molecular flexibility index (Phi) is 6.41. The molecule has 0 aromatic heterocycles. The van der Waals surface area contributed by atoms with Crippen LogP contribution < -0.4 is 0 Å². The predicted octanol–water partition coefficient (Wildman–Crippen LogP) is 1.06. The van der Waals surface area contributed by atoms with Gasteiger partial charge in [-0.1, -0.05) is 20.4 Å². The number of epoxide rings is 2. The van der Waals surface area contributed by atoms with E-state index >= 15 is 0 Å². The summed E-state index contributed by atoms with van der Waals surface area (Å²) in [5.74, 6) is -5.18. The van der Waals surface area contributed by atoms with Gasteiger partial charge in [0.05, 0.1) is 17.4 Å². The van der Waals surface area contributed by atoms with E-state index in [1.54, 1.807) is 6.92 Å². The van der Waals surface area contributed by atoms with E-state index in [0.717, 1.165) is 0 Å². The van der Waals surface area contributed by atoms with Crippen molar-refractivity contribution in [2.24, 2.45) is 23.2 Å². The molecule has 1 N–H and O–H groups in total. The van der Waals surface area contributed by atoms with Crippen molar-refractivity contribution in [1.82, 2.24) is 0 Å². The van der Waals surface area contributed by atoms with Crippen molar-refractivity contribution in [3.63, 3.8) is 0 Å². The molecule has 11 nitrogen and oxygen atoms in total. The van der Waals surface area contributed by atoms with Crippen LogP contribution >= 0.6 is 11.6 Å². The van der Waals surface area contributed by atoms with Crippen molar-refractivity contribution in [3.05, 3.63) is 12.2 Å². The van der Waals surface area contributed by atoms with Crippen molar-refractivity contribution in [1.29, 1.82) is 0 Å². The van der Waals surface area contributed by atoms with E-state index in [0.29, 0.717) is 5.57 Å². The number of esters is 4. The van der Waals surface area contributed by atoms with Gasteiger partial charge in [0.15, 0.2) is 11.7 Å². The maximum Gasteiger partial charge on any atom is 0.312 e. The van der Waals surface area contributed by atoms with Crippen molar-refractivity contribution < 1.29 is 52.7 Å². The first-order valence-corrected chi connectivity index (χ1v) is 13.2. The Bertz CT molecular complexity index is 1090. The van der Waals surface area contributed by atoms with E-state index in [2.05, 4.69) is 6.58 Å². The number of ether oxygens (including phenoxy) is 6.